The fraction of sp³-hybridized carbons (Fsp3) is 0.462. The van der Waals surface area contributed by atoms with Crippen molar-refractivity contribution in [2.24, 2.45) is 5.73 Å². The Morgan fingerprint density at radius 3 is 2.63 bits per heavy atom. The van der Waals surface area contributed by atoms with E-state index in [1.54, 1.807) is 0 Å². The van der Waals surface area contributed by atoms with E-state index in [9.17, 15) is 18.0 Å². The van der Waals surface area contributed by atoms with Crippen molar-refractivity contribution in [2.75, 3.05) is 6.54 Å². The molecule has 0 bridgehead atoms. The molecule has 0 spiro atoms. The number of amides is 1. The number of nitrogens with two attached hydrogens (primary N) is 1. The lowest BCUT2D eigenvalue weighted by atomic mass is 10.1. The number of carbonyl (C=O) groups is 1. The van der Waals surface area contributed by atoms with E-state index in [1.807, 2.05) is 6.92 Å². The zero-order chi connectivity index (χ0) is 14.2. The number of benzene rings is 1. The van der Waals surface area contributed by atoms with Crippen LogP contribution in [0.4, 0.5) is 13.2 Å². The van der Waals surface area contributed by atoms with Crippen LogP contribution >= 0.6 is 0 Å². The fourth-order valence-corrected chi connectivity index (χ4v) is 2.24. The van der Waals surface area contributed by atoms with Crippen LogP contribution in [-0.2, 0) is 6.18 Å². The van der Waals surface area contributed by atoms with Crippen molar-refractivity contribution in [1.29, 1.82) is 0 Å². The number of carbonyl (C=O) groups excluding carboxylic acids is 1. The quantitative estimate of drug-likeness (QED) is 0.852. The second-order valence-corrected chi connectivity index (χ2v) is 4.77. The van der Waals surface area contributed by atoms with Crippen molar-refractivity contribution in [1.82, 2.24) is 4.90 Å². The van der Waals surface area contributed by atoms with Crippen LogP contribution in [0.2, 0.25) is 0 Å². The molecule has 1 saturated heterocycles. The predicted octanol–water partition coefficient (Wildman–Crippen LogP) is 2.27. The van der Waals surface area contributed by atoms with Gasteiger partial charge >= 0.3 is 6.18 Å². The summed E-state index contributed by atoms with van der Waals surface area (Å²) in [6.07, 6.45) is -3.77. The summed E-state index contributed by atoms with van der Waals surface area (Å²) in [7, 11) is 0. The van der Waals surface area contributed by atoms with Gasteiger partial charge in [0, 0.05) is 24.2 Å². The SMILES string of the molecule is CC1C(N)CCN1C(=O)c1cccc(C(F)(F)F)c1. The summed E-state index contributed by atoms with van der Waals surface area (Å²) in [6, 6.07) is 4.22. The minimum absolute atomic E-state index is 0.0516. The Morgan fingerprint density at radius 2 is 2.11 bits per heavy atom. The molecule has 1 aromatic carbocycles. The molecule has 1 aliphatic heterocycles. The van der Waals surface area contributed by atoms with Gasteiger partial charge in [0.1, 0.15) is 0 Å². The molecule has 0 aromatic heterocycles. The molecular formula is C13H15F3N2O. The number of rotatable bonds is 1. The molecule has 2 unspecified atom stereocenters. The van der Waals surface area contributed by atoms with Gasteiger partial charge in [-0.15, -0.1) is 0 Å². The van der Waals surface area contributed by atoms with Crippen LogP contribution in [-0.4, -0.2) is 29.4 Å². The normalized spacial score (nSPS) is 23.7. The maximum atomic E-state index is 12.6. The van der Waals surface area contributed by atoms with Gasteiger partial charge in [0.05, 0.1) is 5.56 Å². The Bertz CT molecular complexity index is 487. The van der Waals surface area contributed by atoms with Crippen LogP contribution in [0.25, 0.3) is 0 Å². The standard InChI is InChI=1S/C13H15F3N2O/c1-8-11(17)5-6-18(8)12(19)9-3-2-4-10(7-9)13(14,15)16/h2-4,7-8,11H,5-6,17H2,1H3. The van der Waals surface area contributed by atoms with E-state index < -0.39 is 17.6 Å². The first kappa shape index (κ1) is 13.9. The number of hydrogen-bond acceptors (Lipinski definition) is 2. The summed E-state index contributed by atoms with van der Waals surface area (Å²) < 4.78 is 37.8. The third-order valence-corrected chi connectivity index (χ3v) is 3.51. The average molecular weight is 272 g/mol. The summed E-state index contributed by atoms with van der Waals surface area (Å²) in [4.78, 5) is 13.7. The van der Waals surface area contributed by atoms with Crippen molar-refractivity contribution in [3.8, 4) is 0 Å². The van der Waals surface area contributed by atoms with Gasteiger partial charge in [0.15, 0.2) is 0 Å². The highest BCUT2D eigenvalue weighted by Gasteiger charge is 2.34. The molecule has 2 atom stereocenters. The maximum absolute atomic E-state index is 12.6. The highest BCUT2D eigenvalue weighted by molar-refractivity contribution is 5.94. The third kappa shape index (κ3) is 2.73. The summed E-state index contributed by atoms with van der Waals surface area (Å²) in [5.41, 5.74) is 5.05. The van der Waals surface area contributed by atoms with Gasteiger partial charge in [0.2, 0.25) is 0 Å². The minimum atomic E-state index is -4.44. The molecule has 0 aliphatic carbocycles. The third-order valence-electron chi connectivity index (χ3n) is 3.51. The van der Waals surface area contributed by atoms with Crippen LogP contribution < -0.4 is 5.73 Å². The minimum Gasteiger partial charge on any atom is -0.334 e. The highest BCUT2D eigenvalue weighted by Crippen LogP contribution is 2.30. The molecule has 19 heavy (non-hydrogen) atoms. The topological polar surface area (TPSA) is 46.3 Å². The zero-order valence-corrected chi connectivity index (χ0v) is 10.4. The van der Waals surface area contributed by atoms with Crippen molar-refractivity contribution >= 4 is 5.91 Å². The largest absolute Gasteiger partial charge is 0.416 e. The van der Waals surface area contributed by atoms with Crippen molar-refractivity contribution in [2.45, 2.75) is 31.6 Å². The molecule has 1 fully saturated rings. The Morgan fingerprint density at radius 1 is 1.42 bits per heavy atom. The van der Waals surface area contributed by atoms with Crippen LogP contribution in [0, 0.1) is 0 Å². The number of halogens is 3. The van der Waals surface area contributed by atoms with Gasteiger partial charge in [-0.1, -0.05) is 6.07 Å². The van der Waals surface area contributed by atoms with Crippen LogP contribution in [0.3, 0.4) is 0 Å². The molecule has 6 heteroatoms. The summed E-state index contributed by atoms with van der Waals surface area (Å²) >= 11 is 0. The van der Waals surface area contributed by atoms with E-state index in [1.165, 1.54) is 17.0 Å². The Labute approximate surface area is 109 Å². The van der Waals surface area contributed by atoms with E-state index in [0.29, 0.717) is 13.0 Å². The molecule has 2 N–H and O–H groups in total. The van der Waals surface area contributed by atoms with Gasteiger partial charge < -0.3 is 10.6 Å². The molecule has 1 amide bonds. The predicted molar refractivity (Wildman–Crippen MR) is 64.5 cm³/mol. The molecule has 3 nitrogen and oxygen atoms in total. The van der Waals surface area contributed by atoms with E-state index in [0.717, 1.165) is 12.1 Å². The smallest absolute Gasteiger partial charge is 0.334 e. The summed E-state index contributed by atoms with van der Waals surface area (Å²) in [5, 5.41) is 0. The van der Waals surface area contributed by atoms with E-state index in [2.05, 4.69) is 0 Å². The van der Waals surface area contributed by atoms with Crippen molar-refractivity contribution in [3.63, 3.8) is 0 Å². The van der Waals surface area contributed by atoms with Crippen LogP contribution in [0.5, 0.6) is 0 Å². The Hall–Kier alpha value is -1.56. The van der Waals surface area contributed by atoms with Gasteiger partial charge in [-0.3, -0.25) is 4.79 Å². The first-order valence-corrected chi connectivity index (χ1v) is 6.04. The monoisotopic (exact) mass is 272 g/mol. The second kappa shape index (κ2) is 4.85. The average Bonchev–Trinajstić information content (AvgIpc) is 2.68. The number of likely N-dealkylation sites (tertiary alicyclic amines) is 1. The molecule has 104 valence electrons. The van der Waals surface area contributed by atoms with Crippen molar-refractivity contribution in [3.05, 3.63) is 35.4 Å². The lowest BCUT2D eigenvalue weighted by molar-refractivity contribution is -0.137. The van der Waals surface area contributed by atoms with Crippen molar-refractivity contribution < 1.29 is 18.0 Å². The molecular weight excluding hydrogens is 257 g/mol. The Kier molecular flexibility index (Phi) is 3.54. The lowest BCUT2D eigenvalue weighted by Gasteiger charge is -2.23. The van der Waals surface area contributed by atoms with Crippen LogP contribution in [0.15, 0.2) is 24.3 Å². The zero-order valence-electron chi connectivity index (χ0n) is 10.4. The van der Waals surface area contributed by atoms with Gasteiger partial charge in [-0.25, -0.2) is 0 Å². The van der Waals surface area contributed by atoms with Gasteiger partial charge in [0.25, 0.3) is 5.91 Å². The molecule has 1 aromatic rings. The second-order valence-electron chi connectivity index (χ2n) is 4.77. The van der Waals surface area contributed by atoms with E-state index in [4.69, 9.17) is 5.73 Å². The number of hydrogen-bond donors (Lipinski definition) is 1. The lowest BCUT2D eigenvalue weighted by Crippen LogP contribution is -2.40. The van der Waals surface area contributed by atoms with Gasteiger partial charge in [-0.05, 0) is 31.5 Å². The highest BCUT2D eigenvalue weighted by atomic mass is 19.4. The molecule has 1 heterocycles. The maximum Gasteiger partial charge on any atom is 0.416 e. The van der Waals surface area contributed by atoms with Gasteiger partial charge in [-0.2, -0.15) is 13.2 Å². The molecule has 0 saturated carbocycles. The fourth-order valence-electron chi connectivity index (χ4n) is 2.24. The first-order valence-electron chi connectivity index (χ1n) is 6.04. The van der Waals surface area contributed by atoms with Crippen LogP contribution in [0.1, 0.15) is 29.3 Å². The number of nitrogens with zero attached hydrogens (tertiary/aromatic N) is 1. The number of alkyl halides is 3. The van der Waals surface area contributed by atoms with E-state index >= 15 is 0 Å². The van der Waals surface area contributed by atoms with E-state index in [-0.39, 0.29) is 17.6 Å². The first-order chi connectivity index (χ1) is 8.80. The molecule has 2 rings (SSSR count). The summed E-state index contributed by atoms with van der Waals surface area (Å²) in [5.74, 6) is -0.397. The Balaban J connectivity index is 2.25. The summed E-state index contributed by atoms with van der Waals surface area (Å²) in [6.45, 7) is 2.29. The molecule has 0 radical (unpaired) electrons. The molecule has 1 aliphatic rings.